The summed E-state index contributed by atoms with van der Waals surface area (Å²) < 4.78 is 5.24. The third-order valence-corrected chi connectivity index (χ3v) is 5.90. The van der Waals surface area contributed by atoms with E-state index in [4.69, 9.17) is 4.74 Å². The van der Waals surface area contributed by atoms with E-state index < -0.39 is 8.07 Å². The normalized spacial score (nSPS) is 19.1. The maximum atomic E-state index is 10.2. The van der Waals surface area contributed by atoms with Crippen molar-refractivity contribution in [2.45, 2.75) is 51.4 Å². The van der Waals surface area contributed by atoms with Crippen LogP contribution < -0.4 is 4.74 Å². The number of ether oxygens (including phenoxy) is 1. The number of aliphatic hydroxyl groups is 1. The Bertz CT molecular complexity index is 546. The summed E-state index contributed by atoms with van der Waals surface area (Å²) in [6.45, 7) is 6.99. The molecule has 21 heavy (non-hydrogen) atoms. The van der Waals surface area contributed by atoms with Crippen LogP contribution in [0.3, 0.4) is 0 Å². The van der Waals surface area contributed by atoms with Crippen LogP contribution in [0.15, 0.2) is 35.6 Å². The van der Waals surface area contributed by atoms with Crippen molar-refractivity contribution in [2.75, 3.05) is 7.11 Å². The van der Waals surface area contributed by atoms with Gasteiger partial charge in [0.1, 0.15) is 5.75 Å². The lowest BCUT2D eigenvalue weighted by Gasteiger charge is -2.23. The molecular weight excluding hydrogens is 276 g/mol. The monoisotopic (exact) mass is 302 g/mol. The lowest BCUT2D eigenvalue weighted by atomic mass is 9.92. The standard InChI is InChI=1S/C18H26O2Si/c1-20-16-11-9-14(10-12-16)18(21(2,3)4)13-15-7-5-6-8-17(15)19/h9-12,17,19H,5-8H2,1-4H3/t13?,17-/m1/s1. The maximum Gasteiger partial charge on any atom is 0.118 e. The highest BCUT2D eigenvalue weighted by atomic mass is 28.3. The Kier molecular flexibility index (Phi) is 5.10. The van der Waals surface area contributed by atoms with E-state index in [1.807, 2.05) is 12.1 Å². The van der Waals surface area contributed by atoms with Crippen LogP contribution in [0.5, 0.6) is 5.75 Å². The van der Waals surface area contributed by atoms with Crippen molar-refractivity contribution in [3.05, 3.63) is 41.1 Å². The molecule has 0 radical (unpaired) electrons. The average Bonchev–Trinajstić information content (AvgIpc) is 2.45. The van der Waals surface area contributed by atoms with Gasteiger partial charge in [0.05, 0.1) is 21.3 Å². The van der Waals surface area contributed by atoms with Crippen LogP contribution in [0.25, 0.3) is 5.20 Å². The molecule has 114 valence electrons. The first-order valence-electron chi connectivity index (χ1n) is 7.74. The van der Waals surface area contributed by atoms with Crippen LogP contribution in [-0.2, 0) is 0 Å². The van der Waals surface area contributed by atoms with Crippen LogP contribution in [0.2, 0.25) is 19.6 Å². The molecule has 0 amide bonds. The van der Waals surface area contributed by atoms with Crippen LogP contribution in [0.4, 0.5) is 0 Å². The number of rotatable bonds is 3. The van der Waals surface area contributed by atoms with E-state index >= 15 is 0 Å². The van der Waals surface area contributed by atoms with Gasteiger partial charge < -0.3 is 9.84 Å². The van der Waals surface area contributed by atoms with Crippen LogP contribution in [0, 0.1) is 0 Å². The number of aliphatic hydroxyl groups excluding tert-OH is 1. The SMILES string of the molecule is COc1ccc(C(=C=C2CCCC[C@H]2O)[Si](C)(C)C)cc1. The van der Waals surface area contributed by atoms with Gasteiger partial charge in [-0.2, -0.15) is 0 Å². The second-order valence-electron chi connectivity index (χ2n) is 6.77. The number of benzene rings is 1. The van der Waals surface area contributed by atoms with Gasteiger partial charge >= 0.3 is 0 Å². The highest BCUT2D eigenvalue weighted by Crippen LogP contribution is 2.30. The molecule has 1 aromatic carbocycles. The molecule has 3 heteroatoms. The van der Waals surface area contributed by atoms with Gasteiger partial charge in [-0.15, -0.1) is 5.73 Å². The predicted molar refractivity (Wildman–Crippen MR) is 91.2 cm³/mol. The lowest BCUT2D eigenvalue weighted by molar-refractivity contribution is 0.179. The minimum atomic E-state index is -1.54. The quantitative estimate of drug-likeness (QED) is 0.662. The highest BCUT2D eigenvalue weighted by Gasteiger charge is 2.23. The molecule has 2 rings (SSSR count). The molecular formula is C18H26O2Si. The Morgan fingerprint density at radius 1 is 1.19 bits per heavy atom. The summed E-state index contributed by atoms with van der Waals surface area (Å²) >= 11 is 0. The zero-order valence-corrected chi connectivity index (χ0v) is 14.6. The fourth-order valence-corrected chi connectivity index (χ4v) is 4.32. The summed E-state index contributed by atoms with van der Waals surface area (Å²) in [6.07, 6.45) is 3.84. The predicted octanol–water partition coefficient (Wildman–Crippen LogP) is 4.42. The van der Waals surface area contributed by atoms with E-state index in [9.17, 15) is 5.11 Å². The first-order chi connectivity index (χ1) is 9.91. The Morgan fingerprint density at radius 3 is 2.38 bits per heavy atom. The smallest absolute Gasteiger partial charge is 0.118 e. The fourth-order valence-electron chi connectivity index (χ4n) is 2.75. The number of hydrogen-bond acceptors (Lipinski definition) is 2. The van der Waals surface area contributed by atoms with Gasteiger partial charge in [0.2, 0.25) is 0 Å². The first-order valence-corrected chi connectivity index (χ1v) is 11.2. The number of hydrogen-bond donors (Lipinski definition) is 1. The van der Waals surface area contributed by atoms with E-state index in [-0.39, 0.29) is 6.10 Å². The van der Waals surface area contributed by atoms with Gasteiger partial charge in [-0.3, -0.25) is 0 Å². The summed E-state index contributed by atoms with van der Waals surface area (Å²) in [4.78, 5) is 0. The highest BCUT2D eigenvalue weighted by molar-refractivity contribution is 6.93. The van der Waals surface area contributed by atoms with E-state index in [2.05, 4.69) is 37.5 Å². The van der Waals surface area contributed by atoms with Gasteiger partial charge in [-0.25, -0.2) is 0 Å². The van der Waals surface area contributed by atoms with Crippen molar-refractivity contribution in [3.63, 3.8) is 0 Å². The molecule has 1 N–H and O–H groups in total. The number of methoxy groups -OCH3 is 1. The molecule has 0 spiro atoms. The second kappa shape index (κ2) is 6.65. The molecule has 1 aliphatic rings. The van der Waals surface area contributed by atoms with Gasteiger partial charge in [0, 0.05) is 0 Å². The molecule has 0 bridgehead atoms. The average molecular weight is 302 g/mol. The van der Waals surface area contributed by atoms with Crippen molar-refractivity contribution in [3.8, 4) is 5.75 Å². The molecule has 0 heterocycles. The molecule has 1 aromatic rings. The van der Waals surface area contributed by atoms with Gasteiger partial charge in [-0.05, 0) is 47.7 Å². The fraction of sp³-hybridized carbons (Fsp3) is 0.500. The molecule has 1 saturated carbocycles. The van der Waals surface area contributed by atoms with Crippen molar-refractivity contribution in [1.29, 1.82) is 0 Å². The summed E-state index contributed by atoms with van der Waals surface area (Å²) in [5.41, 5.74) is 5.90. The van der Waals surface area contributed by atoms with Crippen molar-refractivity contribution >= 4 is 13.3 Å². The Labute approximate surface area is 129 Å². The van der Waals surface area contributed by atoms with Gasteiger partial charge in [-0.1, -0.05) is 38.2 Å². The lowest BCUT2D eigenvalue weighted by Crippen LogP contribution is -2.23. The molecule has 0 aromatic heterocycles. The van der Waals surface area contributed by atoms with Crippen LogP contribution in [-0.4, -0.2) is 26.4 Å². The van der Waals surface area contributed by atoms with E-state index in [1.165, 1.54) is 17.2 Å². The van der Waals surface area contributed by atoms with Crippen LogP contribution in [0.1, 0.15) is 31.2 Å². The zero-order valence-electron chi connectivity index (χ0n) is 13.6. The molecule has 0 unspecified atom stereocenters. The third-order valence-electron chi connectivity index (χ3n) is 3.99. The Balaban J connectivity index is 2.50. The van der Waals surface area contributed by atoms with E-state index in [1.54, 1.807) is 7.11 Å². The summed E-state index contributed by atoms with van der Waals surface area (Å²) in [5, 5.41) is 11.5. The molecule has 0 saturated heterocycles. The summed E-state index contributed by atoms with van der Waals surface area (Å²) in [6, 6.07) is 8.21. The summed E-state index contributed by atoms with van der Waals surface area (Å²) in [5.74, 6) is 0.874. The topological polar surface area (TPSA) is 29.5 Å². The Hall–Kier alpha value is -1.28. The minimum Gasteiger partial charge on any atom is -0.497 e. The first kappa shape index (κ1) is 16.1. The Morgan fingerprint density at radius 2 is 1.86 bits per heavy atom. The molecule has 0 aliphatic heterocycles. The van der Waals surface area contributed by atoms with Crippen LogP contribution >= 0.6 is 0 Å². The third kappa shape index (κ3) is 4.10. The molecule has 1 fully saturated rings. The molecule has 1 atom stereocenters. The van der Waals surface area contributed by atoms with Gasteiger partial charge in [0.15, 0.2) is 0 Å². The largest absolute Gasteiger partial charge is 0.497 e. The zero-order chi connectivity index (χ0) is 15.5. The minimum absolute atomic E-state index is 0.302. The summed E-state index contributed by atoms with van der Waals surface area (Å²) in [7, 11) is 0.149. The second-order valence-corrected chi connectivity index (χ2v) is 11.8. The maximum absolute atomic E-state index is 10.2. The van der Waals surface area contributed by atoms with Crippen molar-refractivity contribution < 1.29 is 9.84 Å². The molecule has 1 aliphatic carbocycles. The van der Waals surface area contributed by atoms with E-state index in [0.717, 1.165) is 30.6 Å². The van der Waals surface area contributed by atoms with E-state index in [0.29, 0.717) is 0 Å². The van der Waals surface area contributed by atoms with Crippen molar-refractivity contribution in [1.82, 2.24) is 0 Å². The molecule has 2 nitrogen and oxygen atoms in total. The van der Waals surface area contributed by atoms with Gasteiger partial charge in [0.25, 0.3) is 0 Å². The van der Waals surface area contributed by atoms with Crippen molar-refractivity contribution in [2.24, 2.45) is 0 Å².